The highest BCUT2D eigenvalue weighted by molar-refractivity contribution is 6.42. The largest absolute Gasteiger partial charge is 0.481 e. The predicted molar refractivity (Wildman–Crippen MR) is 76.7 cm³/mol. The SMILES string of the molecule is CC(c1cccc(Cl)c1Cl)N1C[C@@H](C)[C@H](C(=O)O)C1. The molecule has 2 rings (SSSR count). The molecule has 0 saturated carbocycles. The normalized spacial score (nSPS) is 25.5. The lowest BCUT2D eigenvalue weighted by Gasteiger charge is -2.25. The summed E-state index contributed by atoms with van der Waals surface area (Å²) in [4.78, 5) is 13.3. The number of carboxylic acid groups (broad SMARTS) is 1. The molecule has 1 fully saturated rings. The molecule has 5 heteroatoms. The molecule has 0 spiro atoms. The molecule has 104 valence electrons. The van der Waals surface area contributed by atoms with E-state index in [0.717, 1.165) is 12.1 Å². The first-order valence-corrected chi connectivity index (χ1v) is 7.08. The summed E-state index contributed by atoms with van der Waals surface area (Å²) in [5.74, 6) is -0.877. The van der Waals surface area contributed by atoms with Gasteiger partial charge in [-0.1, -0.05) is 42.3 Å². The van der Waals surface area contributed by atoms with Gasteiger partial charge < -0.3 is 5.11 Å². The number of rotatable bonds is 3. The van der Waals surface area contributed by atoms with Gasteiger partial charge in [0.1, 0.15) is 0 Å². The molecular formula is C14H17Cl2NO2. The Labute approximate surface area is 123 Å². The highest BCUT2D eigenvalue weighted by Gasteiger charge is 2.37. The molecule has 0 aliphatic carbocycles. The van der Waals surface area contributed by atoms with E-state index in [4.69, 9.17) is 23.2 Å². The van der Waals surface area contributed by atoms with Gasteiger partial charge >= 0.3 is 5.97 Å². The second-order valence-electron chi connectivity index (χ2n) is 5.19. The van der Waals surface area contributed by atoms with Crippen molar-refractivity contribution >= 4 is 29.2 Å². The molecule has 0 amide bonds. The topological polar surface area (TPSA) is 40.5 Å². The lowest BCUT2D eigenvalue weighted by Crippen LogP contribution is -2.26. The Kier molecular flexibility index (Phi) is 4.39. The molecule has 0 radical (unpaired) electrons. The molecule has 3 nitrogen and oxygen atoms in total. The van der Waals surface area contributed by atoms with Crippen molar-refractivity contribution < 1.29 is 9.90 Å². The smallest absolute Gasteiger partial charge is 0.308 e. The lowest BCUT2D eigenvalue weighted by molar-refractivity contribution is -0.142. The Bertz CT molecular complexity index is 492. The fraction of sp³-hybridized carbons (Fsp3) is 0.500. The van der Waals surface area contributed by atoms with Crippen LogP contribution in [-0.4, -0.2) is 29.1 Å². The maximum absolute atomic E-state index is 11.2. The second kappa shape index (κ2) is 5.70. The van der Waals surface area contributed by atoms with Gasteiger partial charge in [0.15, 0.2) is 0 Å². The number of likely N-dealkylation sites (tertiary alicyclic amines) is 1. The molecule has 1 aliphatic rings. The van der Waals surface area contributed by atoms with Crippen molar-refractivity contribution in [3.05, 3.63) is 33.8 Å². The van der Waals surface area contributed by atoms with E-state index in [9.17, 15) is 9.90 Å². The Morgan fingerprint density at radius 2 is 2.11 bits per heavy atom. The van der Waals surface area contributed by atoms with Gasteiger partial charge in [0.25, 0.3) is 0 Å². The molecule has 1 saturated heterocycles. The molecule has 1 N–H and O–H groups in total. The van der Waals surface area contributed by atoms with Crippen LogP contribution >= 0.6 is 23.2 Å². The number of nitrogens with zero attached hydrogens (tertiary/aromatic N) is 1. The number of benzene rings is 1. The summed E-state index contributed by atoms with van der Waals surface area (Å²) in [5, 5.41) is 10.3. The molecule has 1 aromatic carbocycles. The first kappa shape index (κ1) is 14.6. The van der Waals surface area contributed by atoms with Crippen molar-refractivity contribution in [1.82, 2.24) is 4.90 Å². The first-order chi connectivity index (χ1) is 8.91. The van der Waals surface area contributed by atoms with Gasteiger partial charge in [-0.05, 0) is 24.5 Å². The van der Waals surface area contributed by atoms with Gasteiger partial charge in [0.2, 0.25) is 0 Å². The van der Waals surface area contributed by atoms with Gasteiger partial charge in [0.05, 0.1) is 16.0 Å². The molecule has 19 heavy (non-hydrogen) atoms. The maximum atomic E-state index is 11.2. The van der Waals surface area contributed by atoms with Gasteiger partial charge in [0, 0.05) is 19.1 Å². The first-order valence-electron chi connectivity index (χ1n) is 6.32. The fourth-order valence-electron chi connectivity index (χ4n) is 2.68. The average Bonchev–Trinajstić information content (AvgIpc) is 2.74. The van der Waals surface area contributed by atoms with Gasteiger partial charge in [-0.2, -0.15) is 0 Å². The van der Waals surface area contributed by atoms with Crippen LogP contribution in [-0.2, 0) is 4.79 Å². The van der Waals surface area contributed by atoms with E-state index in [1.54, 1.807) is 6.07 Å². The summed E-state index contributed by atoms with van der Waals surface area (Å²) in [7, 11) is 0. The van der Waals surface area contributed by atoms with E-state index in [0.29, 0.717) is 16.6 Å². The van der Waals surface area contributed by atoms with Crippen molar-refractivity contribution in [2.45, 2.75) is 19.9 Å². The zero-order valence-corrected chi connectivity index (χ0v) is 12.4. The van der Waals surface area contributed by atoms with E-state index >= 15 is 0 Å². The van der Waals surface area contributed by atoms with Crippen LogP contribution in [0.2, 0.25) is 10.0 Å². The molecule has 1 aliphatic heterocycles. The quantitative estimate of drug-likeness (QED) is 0.925. The number of aliphatic carboxylic acids is 1. The predicted octanol–water partition coefficient (Wildman–Crippen LogP) is 3.71. The summed E-state index contributed by atoms with van der Waals surface area (Å²) in [6.07, 6.45) is 0. The van der Waals surface area contributed by atoms with Crippen LogP contribution < -0.4 is 0 Å². The molecule has 1 unspecified atom stereocenters. The molecule has 0 bridgehead atoms. The summed E-state index contributed by atoms with van der Waals surface area (Å²) in [5.41, 5.74) is 0.951. The van der Waals surface area contributed by atoms with E-state index in [2.05, 4.69) is 4.90 Å². The number of hydrogen-bond donors (Lipinski definition) is 1. The van der Waals surface area contributed by atoms with Gasteiger partial charge in [-0.15, -0.1) is 0 Å². The zero-order chi connectivity index (χ0) is 14.2. The highest BCUT2D eigenvalue weighted by Crippen LogP contribution is 2.36. The molecule has 1 aromatic rings. The minimum absolute atomic E-state index is 0.0676. The van der Waals surface area contributed by atoms with Crippen molar-refractivity contribution in [2.24, 2.45) is 11.8 Å². The molecule has 3 atom stereocenters. The summed E-state index contributed by atoms with van der Waals surface area (Å²) < 4.78 is 0. The standard InChI is InChI=1S/C14H17Cl2NO2/c1-8-6-17(7-11(8)14(18)19)9(2)10-4-3-5-12(15)13(10)16/h3-5,8-9,11H,6-7H2,1-2H3,(H,18,19)/t8-,9?,11-/m1/s1. The van der Waals surface area contributed by atoms with Gasteiger partial charge in [-0.25, -0.2) is 0 Å². The summed E-state index contributed by atoms with van der Waals surface area (Å²) in [6, 6.07) is 5.64. The van der Waals surface area contributed by atoms with E-state index < -0.39 is 5.97 Å². The van der Waals surface area contributed by atoms with E-state index in [-0.39, 0.29) is 17.9 Å². The van der Waals surface area contributed by atoms with Crippen LogP contribution in [0.4, 0.5) is 0 Å². The lowest BCUT2D eigenvalue weighted by atomic mass is 9.99. The summed E-state index contributed by atoms with van der Waals surface area (Å²) in [6.45, 7) is 5.33. The van der Waals surface area contributed by atoms with Crippen LogP contribution in [0, 0.1) is 11.8 Å². The molecule has 0 aromatic heterocycles. The minimum atomic E-state index is -0.723. The number of carbonyl (C=O) groups is 1. The molecule has 1 heterocycles. The summed E-state index contributed by atoms with van der Waals surface area (Å²) >= 11 is 12.3. The Morgan fingerprint density at radius 1 is 1.42 bits per heavy atom. The third-order valence-corrected chi connectivity index (χ3v) is 4.77. The third kappa shape index (κ3) is 2.88. The second-order valence-corrected chi connectivity index (χ2v) is 5.98. The number of hydrogen-bond acceptors (Lipinski definition) is 2. The monoisotopic (exact) mass is 301 g/mol. The van der Waals surface area contributed by atoms with Crippen molar-refractivity contribution in [3.63, 3.8) is 0 Å². The third-order valence-electron chi connectivity index (χ3n) is 3.94. The van der Waals surface area contributed by atoms with E-state index in [1.807, 2.05) is 26.0 Å². The Morgan fingerprint density at radius 3 is 2.68 bits per heavy atom. The Balaban J connectivity index is 2.19. The van der Waals surface area contributed by atoms with Crippen molar-refractivity contribution in [1.29, 1.82) is 0 Å². The fourth-order valence-corrected chi connectivity index (χ4v) is 3.15. The van der Waals surface area contributed by atoms with Crippen LogP contribution in [0.1, 0.15) is 25.5 Å². The average molecular weight is 302 g/mol. The van der Waals surface area contributed by atoms with Crippen molar-refractivity contribution in [3.8, 4) is 0 Å². The molecular weight excluding hydrogens is 285 g/mol. The Hall–Kier alpha value is -0.770. The maximum Gasteiger partial charge on any atom is 0.308 e. The van der Waals surface area contributed by atoms with Crippen LogP contribution in [0.5, 0.6) is 0 Å². The highest BCUT2D eigenvalue weighted by atomic mass is 35.5. The zero-order valence-electron chi connectivity index (χ0n) is 10.9. The van der Waals surface area contributed by atoms with E-state index in [1.165, 1.54) is 0 Å². The van der Waals surface area contributed by atoms with Crippen LogP contribution in [0.25, 0.3) is 0 Å². The van der Waals surface area contributed by atoms with Crippen molar-refractivity contribution in [2.75, 3.05) is 13.1 Å². The number of carboxylic acids is 1. The van der Waals surface area contributed by atoms with Gasteiger partial charge in [-0.3, -0.25) is 9.69 Å². The van der Waals surface area contributed by atoms with Crippen LogP contribution in [0.15, 0.2) is 18.2 Å². The van der Waals surface area contributed by atoms with Crippen LogP contribution in [0.3, 0.4) is 0 Å². The number of halogens is 2. The minimum Gasteiger partial charge on any atom is -0.481 e.